The van der Waals surface area contributed by atoms with Gasteiger partial charge in [0.25, 0.3) is 0 Å². The van der Waals surface area contributed by atoms with Gasteiger partial charge in [-0.1, -0.05) is 6.07 Å². The van der Waals surface area contributed by atoms with Gasteiger partial charge in [0.05, 0.1) is 0 Å². The smallest absolute Gasteiger partial charge is 0.224 e. The zero-order chi connectivity index (χ0) is 16.1. The molecule has 0 bridgehead atoms. The Morgan fingerprint density at radius 1 is 1.13 bits per heavy atom. The van der Waals surface area contributed by atoms with E-state index >= 15 is 0 Å². The molecule has 0 saturated heterocycles. The van der Waals surface area contributed by atoms with Gasteiger partial charge in [-0.2, -0.15) is 0 Å². The number of carbonyl (C=O) groups excluding carboxylic acids is 2. The van der Waals surface area contributed by atoms with E-state index in [0.717, 1.165) is 42.5 Å². The van der Waals surface area contributed by atoms with Gasteiger partial charge in [0.15, 0.2) is 5.78 Å². The van der Waals surface area contributed by atoms with E-state index < -0.39 is 0 Å². The summed E-state index contributed by atoms with van der Waals surface area (Å²) in [6, 6.07) is 11.1. The van der Waals surface area contributed by atoms with E-state index in [1.54, 1.807) is 30.5 Å². The number of rotatable bonds is 7. The monoisotopic (exact) mass is 308 g/mol. The van der Waals surface area contributed by atoms with Crippen LogP contribution in [-0.4, -0.2) is 16.7 Å². The van der Waals surface area contributed by atoms with E-state index in [1.807, 2.05) is 18.3 Å². The molecule has 118 valence electrons. The number of Topliss-reactive ketones (excluding diaryl/α,β-unsaturated/α-hetero) is 1. The van der Waals surface area contributed by atoms with Gasteiger partial charge < -0.3 is 5.32 Å². The number of anilines is 1. The molecule has 1 fully saturated rings. The van der Waals surface area contributed by atoms with Crippen molar-refractivity contribution >= 4 is 17.4 Å². The Bertz CT molecular complexity index is 676. The molecule has 0 radical (unpaired) electrons. The van der Waals surface area contributed by atoms with E-state index in [1.165, 1.54) is 0 Å². The number of carbonyl (C=O) groups is 2. The molecular weight excluding hydrogens is 288 g/mol. The first kappa shape index (κ1) is 15.4. The van der Waals surface area contributed by atoms with Crippen molar-refractivity contribution in [2.24, 2.45) is 5.92 Å². The molecule has 0 unspecified atom stereocenters. The predicted molar refractivity (Wildman–Crippen MR) is 89.3 cm³/mol. The molecule has 1 N–H and O–H groups in total. The van der Waals surface area contributed by atoms with Gasteiger partial charge in [0.2, 0.25) is 5.91 Å². The normalized spacial score (nSPS) is 13.6. The molecule has 0 atom stereocenters. The number of ketones is 1. The summed E-state index contributed by atoms with van der Waals surface area (Å²) in [7, 11) is 0. The molecule has 1 aliphatic carbocycles. The zero-order valence-corrected chi connectivity index (χ0v) is 13.0. The lowest BCUT2D eigenvalue weighted by atomic mass is 10.1. The van der Waals surface area contributed by atoms with Crippen molar-refractivity contribution in [1.29, 1.82) is 0 Å². The van der Waals surface area contributed by atoms with Gasteiger partial charge in [-0.15, -0.1) is 0 Å². The van der Waals surface area contributed by atoms with E-state index in [9.17, 15) is 9.59 Å². The quantitative estimate of drug-likeness (QED) is 0.794. The lowest BCUT2D eigenvalue weighted by Crippen LogP contribution is -2.11. The lowest BCUT2D eigenvalue weighted by molar-refractivity contribution is -0.116. The molecule has 0 aliphatic heterocycles. The maximum Gasteiger partial charge on any atom is 0.224 e. The SMILES string of the molecule is O=C(CCCc1cccnc1)Nc1ccc(C(=O)C2CC2)cc1. The highest BCUT2D eigenvalue weighted by atomic mass is 16.1. The standard InChI is InChI=1S/C19H20N2O2/c22-18(5-1-3-14-4-2-12-20-13-14)21-17-10-8-16(9-11-17)19(23)15-6-7-15/h2,4,8-13,15H,1,3,5-7H2,(H,21,22). The summed E-state index contributed by atoms with van der Waals surface area (Å²) < 4.78 is 0. The molecule has 1 aromatic carbocycles. The second-order valence-corrected chi connectivity index (χ2v) is 5.98. The third-order valence-corrected chi connectivity index (χ3v) is 3.99. The van der Waals surface area contributed by atoms with Crippen molar-refractivity contribution in [3.8, 4) is 0 Å². The minimum absolute atomic E-state index is 0.00448. The number of nitrogens with zero attached hydrogens (tertiary/aromatic N) is 1. The minimum Gasteiger partial charge on any atom is -0.326 e. The van der Waals surface area contributed by atoms with E-state index in [0.29, 0.717) is 6.42 Å². The Hall–Kier alpha value is -2.49. The van der Waals surface area contributed by atoms with Crippen LogP contribution in [0.25, 0.3) is 0 Å². The minimum atomic E-state index is -0.00448. The number of benzene rings is 1. The predicted octanol–water partition coefficient (Wildman–Crippen LogP) is 3.64. The van der Waals surface area contributed by atoms with Crippen LogP contribution in [0.2, 0.25) is 0 Å². The number of aryl methyl sites for hydroxylation is 1. The van der Waals surface area contributed by atoms with Gasteiger partial charge in [0.1, 0.15) is 0 Å². The third kappa shape index (κ3) is 4.49. The first-order valence-corrected chi connectivity index (χ1v) is 8.05. The van der Waals surface area contributed by atoms with Gasteiger partial charge in [-0.05, 0) is 61.6 Å². The van der Waals surface area contributed by atoms with Gasteiger partial charge in [0, 0.05) is 36.0 Å². The Labute approximate surface area is 135 Å². The van der Waals surface area contributed by atoms with Crippen molar-refractivity contribution in [2.45, 2.75) is 32.1 Å². The van der Waals surface area contributed by atoms with E-state index in [4.69, 9.17) is 0 Å². The van der Waals surface area contributed by atoms with Gasteiger partial charge >= 0.3 is 0 Å². The van der Waals surface area contributed by atoms with Crippen LogP contribution in [0, 0.1) is 5.92 Å². The largest absolute Gasteiger partial charge is 0.326 e. The highest BCUT2D eigenvalue weighted by Crippen LogP contribution is 2.32. The number of nitrogens with one attached hydrogen (secondary N) is 1. The molecular formula is C19H20N2O2. The highest BCUT2D eigenvalue weighted by molar-refractivity contribution is 6.00. The fraction of sp³-hybridized carbons (Fsp3) is 0.316. The van der Waals surface area contributed by atoms with Crippen molar-refractivity contribution in [1.82, 2.24) is 4.98 Å². The summed E-state index contributed by atoms with van der Waals surface area (Å²) in [5, 5.41) is 2.87. The molecule has 4 heteroatoms. The van der Waals surface area contributed by atoms with Crippen molar-refractivity contribution in [3.05, 3.63) is 59.9 Å². The average Bonchev–Trinajstić information content (AvgIpc) is 3.41. The summed E-state index contributed by atoms with van der Waals surface area (Å²) in [5.74, 6) is 0.442. The summed E-state index contributed by atoms with van der Waals surface area (Å²) in [6.07, 6.45) is 7.69. The van der Waals surface area contributed by atoms with Crippen LogP contribution in [0.3, 0.4) is 0 Å². The molecule has 1 saturated carbocycles. The number of pyridine rings is 1. The van der Waals surface area contributed by atoms with Crippen molar-refractivity contribution in [2.75, 3.05) is 5.32 Å². The van der Waals surface area contributed by atoms with Gasteiger partial charge in [-0.25, -0.2) is 0 Å². The molecule has 0 spiro atoms. The molecule has 2 aromatic rings. The second-order valence-electron chi connectivity index (χ2n) is 5.98. The van der Waals surface area contributed by atoms with Crippen LogP contribution in [0.4, 0.5) is 5.69 Å². The number of aromatic nitrogens is 1. The first-order valence-electron chi connectivity index (χ1n) is 8.05. The summed E-state index contributed by atoms with van der Waals surface area (Å²) in [4.78, 5) is 27.9. The topological polar surface area (TPSA) is 59.1 Å². The average molecular weight is 308 g/mol. The molecule has 1 aromatic heterocycles. The second kappa shape index (κ2) is 7.18. The first-order chi connectivity index (χ1) is 11.2. The number of hydrogen-bond donors (Lipinski definition) is 1. The lowest BCUT2D eigenvalue weighted by Gasteiger charge is -2.06. The van der Waals surface area contributed by atoms with Gasteiger partial charge in [-0.3, -0.25) is 14.6 Å². The Morgan fingerprint density at radius 2 is 1.91 bits per heavy atom. The van der Waals surface area contributed by atoms with E-state index in [2.05, 4.69) is 10.3 Å². The zero-order valence-electron chi connectivity index (χ0n) is 13.0. The number of hydrogen-bond acceptors (Lipinski definition) is 3. The molecule has 1 amide bonds. The summed E-state index contributed by atoms with van der Waals surface area (Å²) in [5.41, 5.74) is 2.62. The molecule has 3 rings (SSSR count). The molecule has 1 aliphatic rings. The van der Waals surface area contributed by atoms with Crippen LogP contribution in [0.1, 0.15) is 41.6 Å². The van der Waals surface area contributed by atoms with Crippen LogP contribution in [0.5, 0.6) is 0 Å². The Balaban J connectivity index is 1.45. The van der Waals surface area contributed by atoms with Crippen LogP contribution >= 0.6 is 0 Å². The Kier molecular flexibility index (Phi) is 4.81. The molecule has 1 heterocycles. The maximum absolute atomic E-state index is 11.9. The third-order valence-electron chi connectivity index (χ3n) is 3.99. The van der Waals surface area contributed by atoms with Crippen molar-refractivity contribution in [3.63, 3.8) is 0 Å². The van der Waals surface area contributed by atoms with Crippen LogP contribution < -0.4 is 5.32 Å². The highest BCUT2D eigenvalue weighted by Gasteiger charge is 2.30. The molecule has 23 heavy (non-hydrogen) atoms. The van der Waals surface area contributed by atoms with E-state index in [-0.39, 0.29) is 17.6 Å². The fourth-order valence-corrected chi connectivity index (χ4v) is 2.52. The maximum atomic E-state index is 11.9. The van der Waals surface area contributed by atoms with Crippen LogP contribution in [0.15, 0.2) is 48.8 Å². The van der Waals surface area contributed by atoms with Crippen molar-refractivity contribution < 1.29 is 9.59 Å². The number of amides is 1. The van der Waals surface area contributed by atoms with Crippen LogP contribution in [-0.2, 0) is 11.2 Å². The summed E-state index contributed by atoms with van der Waals surface area (Å²) in [6.45, 7) is 0. The fourth-order valence-electron chi connectivity index (χ4n) is 2.52. The molecule has 4 nitrogen and oxygen atoms in total. The Morgan fingerprint density at radius 3 is 2.57 bits per heavy atom. The summed E-state index contributed by atoms with van der Waals surface area (Å²) >= 11 is 0.